The molecule has 0 radical (unpaired) electrons. The monoisotopic (exact) mass is 265 g/mol. The molecule has 1 fully saturated rings. The second-order valence-electron chi connectivity index (χ2n) is 5.13. The number of ether oxygens (including phenoxy) is 1. The van der Waals surface area contributed by atoms with Crippen LogP contribution >= 0.6 is 0 Å². The maximum absolute atomic E-state index is 5.82. The van der Waals surface area contributed by atoms with Gasteiger partial charge in [-0.15, -0.1) is 5.92 Å². The Hall–Kier alpha value is -1.98. The van der Waals surface area contributed by atoms with Crippen LogP contribution in [0.2, 0.25) is 0 Å². The lowest BCUT2D eigenvalue weighted by atomic mass is 10.0. The van der Waals surface area contributed by atoms with Crippen molar-refractivity contribution in [1.82, 2.24) is 5.32 Å². The minimum Gasteiger partial charge on any atom is -0.481 e. The normalized spacial score (nSPS) is 13.8. The molecule has 0 saturated heterocycles. The Bertz CT molecular complexity index is 662. The summed E-state index contributed by atoms with van der Waals surface area (Å²) in [4.78, 5) is 0. The molecule has 0 heterocycles. The highest BCUT2D eigenvalue weighted by Gasteiger charge is 2.21. The minimum absolute atomic E-state index is 0.450. The van der Waals surface area contributed by atoms with E-state index in [2.05, 4.69) is 53.6 Å². The number of rotatable bonds is 5. The smallest absolute Gasteiger partial charge is 0.149 e. The Morgan fingerprint density at radius 1 is 1.20 bits per heavy atom. The second-order valence-corrected chi connectivity index (χ2v) is 5.13. The van der Waals surface area contributed by atoms with Crippen molar-refractivity contribution in [3.8, 4) is 17.6 Å². The van der Waals surface area contributed by atoms with Crippen molar-refractivity contribution < 1.29 is 4.74 Å². The van der Waals surface area contributed by atoms with E-state index in [1.165, 1.54) is 29.2 Å². The lowest BCUT2D eigenvalue weighted by Crippen LogP contribution is -2.16. The van der Waals surface area contributed by atoms with Crippen LogP contribution in [-0.2, 0) is 6.54 Å². The van der Waals surface area contributed by atoms with Gasteiger partial charge in [0.1, 0.15) is 12.4 Å². The Morgan fingerprint density at radius 3 is 2.85 bits per heavy atom. The molecule has 0 aliphatic heterocycles. The van der Waals surface area contributed by atoms with Crippen LogP contribution in [0.5, 0.6) is 5.75 Å². The summed E-state index contributed by atoms with van der Waals surface area (Å²) in [6.07, 6.45) is 2.59. The molecule has 0 spiro atoms. The molecule has 102 valence electrons. The molecule has 20 heavy (non-hydrogen) atoms. The highest BCUT2D eigenvalue weighted by molar-refractivity contribution is 5.87. The van der Waals surface area contributed by atoms with Gasteiger partial charge in [0.05, 0.1) is 0 Å². The molecule has 0 unspecified atom stereocenters. The number of nitrogens with one attached hydrogen (secondary N) is 1. The summed E-state index contributed by atoms with van der Waals surface area (Å²) in [7, 11) is 0. The second kappa shape index (κ2) is 5.98. The highest BCUT2D eigenvalue weighted by atomic mass is 16.5. The lowest BCUT2D eigenvalue weighted by Gasteiger charge is -2.13. The van der Waals surface area contributed by atoms with Gasteiger partial charge in [-0.05, 0) is 36.6 Å². The molecule has 1 aliphatic carbocycles. The van der Waals surface area contributed by atoms with Crippen LogP contribution in [0.1, 0.15) is 25.3 Å². The van der Waals surface area contributed by atoms with E-state index in [0.717, 1.165) is 12.3 Å². The molecule has 0 atom stereocenters. The van der Waals surface area contributed by atoms with Crippen LogP contribution in [0.15, 0.2) is 36.4 Å². The van der Waals surface area contributed by atoms with Crippen LogP contribution in [0, 0.1) is 11.8 Å². The average molecular weight is 265 g/mol. The van der Waals surface area contributed by atoms with Crippen molar-refractivity contribution in [1.29, 1.82) is 0 Å². The first-order valence-corrected chi connectivity index (χ1v) is 7.15. The van der Waals surface area contributed by atoms with E-state index in [1.54, 1.807) is 0 Å². The van der Waals surface area contributed by atoms with Gasteiger partial charge >= 0.3 is 0 Å². The van der Waals surface area contributed by atoms with Crippen molar-refractivity contribution in [2.24, 2.45) is 0 Å². The maximum atomic E-state index is 5.82. The van der Waals surface area contributed by atoms with E-state index in [-0.39, 0.29) is 0 Å². The summed E-state index contributed by atoms with van der Waals surface area (Å²) in [6, 6.07) is 13.3. The largest absolute Gasteiger partial charge is 0.481 e. The summed E-state index contributed by atoms with van der Waals surface area (Å²) < 4.78 is 5.82. The number of hydrogen-bond donors (Lipinski definition) is 1. The number of benzene rings is 2. The maximum Gasteiger partial charge on any atom is 0.149 e. The molecular formula is C18H19NO. The topological polar surface area (TPSA) is 21.3 Å². The molecule has 2 heteroatoms. The zero-order valence-electron chi connectivity index (χ0n) is 11.8. The van der Waals surface area contributed by atoms with Gasteiger partial charge in [0, 0.05) is 18.2 Å². The van der Waals surface area contributed by atoms with Crippen molar-refractivity contribution in [2.75, 3.05) is 6.61 Å². The van der Waals surface area contributed by atoms with E-state index in [4.69, 9.17) is 4.74 Å². The quantitative estimate of drug-likeness (QED) is 0.836. The summed E-state index contributed by atoms with van der Waals surface area (Å²) in [5, 5.41) is 6.10. The van der Waals surface area contributed by atoms with Gasteiger partial charge in [-0.2, -0.15) is 0 Å². The molecule has 2 nitrogen and oxygen atoms in total. The summed E-state index contributed by atoms with van der Waals surface area (Å²) >= 11 is 0. The van der Waals surface area contributed by atoms with Crippen molar-refractivity contribution in [3.63, 3.8) is 0 Å². The Labute approximate surface area is 120 Å². The molecule has 2 aromatic rings. The fourth-order valence-electron chi connectivity index (χ4n) is 2.35. The van der Waals surface area contributed by atoms with Gasteiger partial charge in [-0.1, -0.05) is 36.3 Å². The number of hydrogen-bond acceptors (Lipinski definition) is 2. The van der Waals surface area contributed by atoms with Gasteiger partial charge in [0.25, 0.3) is 0 Å². The number of fused-ring (bicyclic) bond motifs is 1. The van der Waals surface area contributed by atoms with Crippen molar-refractivity contribution in [2.45, 2.75) is 32.4 Å². The minimum atomic E-state index is 0.450. The first-order valence-electron chi connectivity index (χ1n) is 7.15. The fraction of sp³-hybridized carbons (Fsp3) is 0.333. The third kappa shape index (κ3) is 2.95. The van der Waals surface area contributed by atoms with E-state index in [1.807, 2.05) is 6.92 Å². The third-order valence-corrected chi connectivity index (χ3v) is 3.62. The van der Waals surface area contributed by atoms with Crippen LogP contribution in [0.25, 0.3) is 10.8 Å². The van der Waals surface area contributed by atoms with E-state index in [9.17, 15) is 0 Å². The van der Waals surface area contributed by atoms with Gasteiger partial charge in [-0.25, -0.2) is 0 Å². The predicted octanol–water partition coefficient (Wildman–Crippen LogP) is 3.49. The molecule has 0 aromatic heterocycles. The Kier molecular flexibility index (Phi) is 3.90. The molecule has 1 N–H and O–H groups in total. The van der Waals surface area contributed by atoms with Crippen molar-refractivity contribution in [3.05, 3.63) is 42.0 Å². The molecule has 3 rings (SSSR count). The fourth-order valence-corrected chi connectivity index (χ4v) is 2.35. The Morgan fingerprint density at radius 2 is 2.05 bits per heavy atom. The van der Waals surface area contributed by atoms with E-state index in [0.29, 0.717) is 12.6 Å². The molecule has 0 bridgehead atoms. The average Bonchev–Trinajstić information content (AvgIpc) is 3.30. The highest BCUT2D eigenvalue weighted by Crippen LogP contribution is 2.29. The van der Waals surface area contributed by atoms with Crippen molar-refractivity contribution >= 4 is 10.8 Å². The standard InChI is InChI=1S/C18H19NO/c1-2-3-12-20-18-11-8-14-6-4-5-7-16(14)17(18)13-19-15-9-10-15/h4-8,11,15,19H,9-10,12-13H2,1H3. The predicted molar refractivity (Wildman–Crippen MR) is 82.8 cm³/mol. The summed E-state index contributed by atoms with van der Waals surface area (Å²) in [5.41, 5.74) is 1.24. The zero-order chi connectivity index (χ0) is 13.8. The summed E-state index contributed by atoms with van der Waals surface area (Å²) in [5.74, 6) is 6.76. The van der Waals surface area contributed by atoms with Gasteiger partial charge in [0.2, 0.25) is 0 Å². The molecule has 1 saturated carbocycles. The SMILES string of the molecule is CC#CCOc1ccc2ccccc2c1CNC1CC1. The van der Waals surface area contributed by atoms with Gasteiger partial charge < -0.3 is 10.1 Å². The molecule has 0 amide bonds. The summed E-state index contributed by atoms with van der Waals surface area (Å²) in [6.45, 7) is 3.14. The van der Waals surface area contributed by atoms with Gasteiger partial charge in [0.15, 0.2) is 0 Å². The third-order valence-electron chi connectivity index (χ3n) is 3.62. The van der Waals surface area contributed by atoms with Crippen LogP contribution in [0.4, 0.5) is 0 Å². The first kappa shape index (κ1) is 13.0. The molecule has 2 aromatic carbocycles. The lowest BCUT2D eigenvalue weighted by molar-refractivity contribution is 0.365. The molecular weight excluding hydrogens is 246 g/mol. The van der Waals surface area contributed by atoms with Crippen LogP contribution in [0.3, 0.4) is 0 Å². The zero-order valence-corrected chi connectivity index (χ0v) is 11.8. The van der Waals surface area contributed by atoms with Crippen LogP contribution < -0.4 is 10.1 Å². The van der Waals surface area contributed by atoms with Crippen LogP contribution in [-0.4, -0.2) is 12.6 Å². The van der Waals surface area contributed by atoms with Gasteiger partial charge in [-0.3, -0.25) is 0 Å². The van der Waals surface area contributed by atoms with E-state index >= 15 is 0 Å². The van der Waals surface area contributed by atoms with E-state index < -0.39 is 0 Å². The molecule has 1 aliphatic rings. The Balaban J connectivity index is 1.92. The first-order chi connectivity index (χ1) is 9.88.